The van der Waals surface area contributed by atoms with Crippen LogP contribution in [0.1, 0.15) is 11.7 Å². The summed E-state index contributed by atoms with van der Waals surface area (Å²) in [5.74, 6) is -0.743. The van der Waals surface area contributed by atoms with E-state index in [0.29, 0.717) is 5.56 Å². The third-order valence-corrected chi connectivity index (χ3v) is 3.22. The molecule has 3 N–H and O–H groups in total. The minimum Gasteiger partial charge on any atom is -0.496 e. The van der Waals surface area contributed by atoms with Gasteiger partial charge in [0, 0.05) is 5.56 Å². The highest BCUT2D eigenvalue weighted by Crippen LogP contribution is 2.30. The Hall–Kier alpha value is -2.37. The van der Waals surface area contributed by atoms with Crippen molar-refractivity contribution in [1.82, 2.24) is 0 Å². The van der Waals surface area contributed by atoms with Gasteiger partial charge in [-0.3, -0.25) is 0 Å². The third kappa shape index (κ3) is 3.21. The van der Waals surface area contributed by atoms with Crippen LogP contribution in [-0.2, 0) is 4.79 Å². The van der Waals surface area contributed by atoms with E-state index in [2.05, 4.69) is 0 Å². The number of carboxylic acids is 1. The lowest BCUT2D eigenvalue weighted by molar-refractivity contribution is -0.153. The second-order valence-corrected chi connectivity index (χ2v) is 4.55. The van der Waals surface area contributed by atoms with Gasteiger partial charge in [0.25, 0.3) is 0 Å². The van der Waals surface area contributed by atoms with E-state index in [1.807, 2.05) is 24.3 Å². The molecular weight excluding hydrogens is 272 g/mol. The van der Waals surface area contributed by atoms with Crippen LogP contribution in [0.5, 0.6) is 5.75 Å². The quantitative estimate of drug-likeness (QED) is 0.781. The van der Waals surface area contributed by atoms with Crippen LogP contribution in [0.3, 0.4) is 0 Å². The predicted molar refractivity (Wildman–Crippen MR) is 77.0 cm³/mol. The zero-order valence-corrected chi connectivity index (χ0v) is 11.4. The van der Waals surface area contributed by atoms with Crippen molar-refractivity contribution in [2.24, 2.45) is 0 Å². The van der Waals surface area contributed by atoms with Gasteiger partial charge in [-0.05, 0) is 17.2 Å². The monoisotopic (exact) mass is 288 g/mol. The molecule has 110 valence electrons. The number of carboxylic acid groups (broad SMARTS) is 1. The molecule has 2 unspecified atom stereocenters. The van der Waals surface area contributed by atoms with Crippen LogP contribution in [0.4, 0.5) is 0 Å². The maximum atomic E-state index is 10.7. The van der Waals surface area contributed by atoms with Crippen molar-refractivity contribution in [3.63, 3.8) is 0 Å². The van der Waals surface area contributed by atoms with Crippen LogP contribution >= 0.6 is 0 Å². The van der Waals surface area contributed by atoms with E-state index in [0.717, 1.165) is 16.9 Å². The van der Waals surface area contributed by atoms with Crippen molar-refractivity contribution < 1.29 is 24.9 Å². The number of aliphatic hydroxyl groups excluding tert-OH is 2. The molecule has 0 saturated carbocycles. The minimum absolute atomic E-state index is 0.337. The summed E-state index contributed by atoms with van der Waals surface area (Å²) in [5, 5.41) is 27.8. The summed E-state index contributed by atoms with van der Waals surface area (Å²) < 4.78 is 5.28. The van der Waals surface area contributed by atoms with Gasteiger partial charge in [0.05, 0.1) is 7.11 Å². The molecule has 0 aliphatic carbocycles. The fourth-order valence-electron chi connectivity index (χ4n) is 2.06. The summed E-state index contributed by atoms with van der Waals surface area (Å²) in [6.45, 7) is 0. The smallest absolute Gasteiger partial charge is 0.335 e. The highest BCUT2D eigenvalue weighted by Gasteiger charge is 2.24. The maximum absolute atomic E-state index is 10.7. The van der Waals surface area contributed by atoms with E-state index in [1.165, 1.54) is 0 Å². The number of rotatable bonds is 5. The largest absolute Gasteiger partial charge is 0.496 e. The molecule has 0 aliphatic heterocycles. The predicted octanol–water partition coefficient (Wildman–Crippen LogP) is 1.84. The lowest BCUT2D eigenvalue weighted by atomic mass is 9.99. The number of carbonyl (C=O) groups is 1. The first-order valence-corrected chi connectivity index (χ1v) is 6.37. The second-order valence-electron chi connectivity index (χ2n) is 4.55. The highest BCUT2D eigenvalue weighted by atomic mass is 16.5. The molecular formula is C16H16O5. The molecule has 0 aromatic heterocycles. The van der Waals surface area contributed by atoms with Crippen LogP contribution in [0, 0.1) is 0 Å². The first-order chi connectivity index (χ1) is 10.0. The van der Waals surface area contributed by atoms with Crippen molar-refractivity contribution in [2.75, 3.05) is 7.11 Å². The molecule has 21 heavy (non-hydrogen) atoms. The van der Waals surface area contributed by atoms with Crippen molar-refractivity contribution in [3.05, 3.63) is 54.1 Å². The second kappa shape index (κ2) is 6.39. The normalized spacial score (nSPS) is 13.5. The van der Waals surface area contributed by atoms with Gasteiger partial charge < -0.3 is 20.1 Å². The standard InChI is InChI=1S/C16H16O5/c1-21-13-5-3-2-4-12(13)10-6-8-11(9-7-10)14(17)15(18)16(19)20/h2-9,14-15,17-18H,1H3,(H,19,20). The molecule has 2 aromatic rings. The number of methoxy groups -OCH3 is 1. The number of hydrogen-bond acceptors (Lipinski definition) is 4. The molecule has 2 rings (SSSR count). The van der Waals surface area contributed by atoms with Gasteiger partial charge in [-0.2, -0.15) is 0 Å². The molecule has 0 amide bonds. The summed E-state index contributed by atoms with van der Waals surface area (Å²) in [6, 6.07) is 14.1. The summed E-state index contributed by atoms with van der Waals surface area (Å²) in [4.78, 5) is 10.7. The van der Waals surface area contributed by atoms with Crippen molar-refractivity contribution in [3.8, 4) is 16.9 Å². The third-order valence-electron chi connectivity index (χ3n) is 3.22. The van der Waals surface area contributed by atoms with Crippen molar-refractivity contribution in [1.29, 1.82) is 0 Å². The Morgan fingerprint density at radius 3 is 2.24 bits per heavy atom. The Kier molecular flexibility index (Phi) is 4.57. The van der Waals surface area contributed by atoms with Crippen LogP contribution in [-0.4, -0.2) is 34.5 Å². The summed E-state index contributed by atoms with van der Waals surface area (Å²) in [7, 11) is 1.58. The zero-order chi connectivity index (χ0) is 15.4. The van der Waals surface area contributed by atoms with Gasteiger partial charge in [-0.25, -0.2) is 4.79 Å². The number of hydrogen-bond donors (Lipinski definition) is 3. The van der Waals surface area contributed by atoms with Crippen LogP contribution < -0.4 is 4.74 Å². The number of aliphatic carboxylic acids is 1. The molecule has 0 aliphatic rings. The molecule has 0 fully saturated rings. The first kappa shape index (κ1) is 15.0. The number of benzene rings is 2. The molecule has 5 nitrogen and oxygen atoms in total. The molecule has 0 spiro atoms. The molecule has 0 bridgehead atoms. The van der Waals surface area contributed by atoms with Crippen LogP contribution in [0.15, 0.2) is 48.5 Å². The average molecular weight is 288 g/mol. The molecule has 5 heteroatoms. The van der Waals surface area contributed by atoms with E-state index < -0.39 is 18.2 Å². The van der Waals surface area contributed by atoms with Crippen LogP contribution in [0.2, 0.25) is 0 Å². The van der Waals surface area contributed by atoms with E-state index in [-0.39, 0.29) is 0 Å². The summed E-state index contributed by atoms with van der Waals surface area (Å²) >= 11 is 0. The minimum atomic E-state index is -1.85. The topological polar surface area (TPSA) is 87.0 Å². The van der Waals surface area contributed by atoms with E-state index >= 15 is 0 Å². The zero-order valence-electron chi connectivity index (χ0n) is 11.4. The van der Waals surface area contributed by atoms with Gasteiger partial charge in [-0.1, -0.05) is 42.5 Å². The number of ether oxygens (including phenoxy) is 1. The molecule has 0 radical (unpaired) electrons. The fourth-order valence-corrected chi connectivity index (χ4v) is 2.06. The van der Waals surface area contributed by atoms with Gasteiger partial charge in [0.1, 0.15) is 11.9 Å². The van der Waals surface area contributed by atoms with Gasteiger partial charge in [0.2, 0.25) is 0 Å². The van der Waals surface area contributed by atoms with Gasteiger partial charge in [0.15, 0.2) is 6.10 Å². The van der Waals surface area contributed by atoms with Crippen molar-refractivity contribution >= 4 is 5.97 Å². The lowest BCUT2D eigenvalue weighted by Gasteiger charge is -2.15. The van der Waals surface area contributed by atoms with E-state index in [1.54, 1.807) is 31.4 Å². The number of aliphatic hydroxyl groups is 2. The van der Waals surface area contributed by atoms with E-state index in [9.17, 15) is 15.0 Å². The average Bonchev–Trinajstić information content (AvgIpc) is 2.53. The van der Waals surface area contributed by atoms with Crippen molar-refractivity contribution in [2.45, 2.75) is 12.2 Å². The first-order valence-electron chi connectivity index (χ1n) is 6.37. The Bertz CT molecular complexity index is 621. The van der Waals surface area contributed by atoms with Gasteiger partial charge >= 0.3 is 5.97 Å². The van der Waals surface area contributed by atoms with Gasteiger partial charge in [-0.15, -0.1) is 0 Å². The maximum Gasteiger partial charge on any atom is 0.335 e. The SMILES string of the molecule is COc1ccccc1-c1ccc(C(O)C(O)C(=O)O)cc1. The number of para-hydroxylation sites is 1. The molecule has 2 aromatic carbocycles. The van der Waals surface area contributed by atoms with E-state index in [4.69, 9.17) is 9.84 Å². The Labute approximate surface area is 122 Å². The Balaban J connectivity index is 2.29. The lowest BCUT2D eigenvalue weighted by Crippen LogP contribution is -2.27. The Morgan fingerprint density at radius 1 is 1.05 bits per heavy atom. The Morgan fingerprint density at radius 2 is 1.67 bits per heavy atom. The summed E-state index contributed by atoms with van der Waals surface area (Å²) in [5.41, 5.74) is 2.09. The molecule has 0 saturated heterocycles. The summed E-state index contributed by atoms with van der Waals surface area (Å²) in [6.07, 6.45) is -3.31. The van der Waals surface area contributed by atoms with Crippen LogP contribution in [0.25, 0.3) is 11.1 Å². The molecule has 0 heterocycles. The highest BCUT2D eigenvalue weighted by molar-refractivity contribution is 5.73. The molecule has 2 atom stereocenters. The fraction of sp³-hybridized carbons (Fsp3) is 0.188.